The van der Waals surface area contributed by atoms with Crippen LogP contribution in [-0.2, 0) is 6.61 Å². The van der Waals surface area contributed by atoms with E-state index in [1.54, 1.807) is 17.5 Å². The molecule has 19 heavy (non-hydrogen) atoms. The summed E-state index contributed by atoms with van der Waals surface area (Å²) in [6.45, 7) is 0.156. The number of halogens is 1. The minimum Gasteiger partial charge on any atom is -0.486 e. The first-order chi connectivity index (χ1) is 9.11. The highest BCUT2D eigenvalue weighted by atomic mass is 35.5. The summed E-state index contributed by atoms with van der Waals surface area (Å²) in [4.78, 5) is 15.0. The maximum Gasteiger partial charge on any atom is 0.489 e. The number of aldehydes is 1. The van der Waals surface area contributed by atoms with Crippen molar-refractivity contribution >= 4 is 41.8 Å². The first-order valence-electron chi connectivity index (χ1n) is 5.28. The lowest BCUT2D eigenvalue weighted by Crippen LogP contribution is -2.33. The molecule has 0 unspecified atom stereocenters. The lowest BCUT2D eigenvalue weighted by Gasteiger charge is -2.10. The monoisotopic (exact) mass is 297 g/mol. The summed E-state index contributed by atoms with van der Waals surface area (Å²) in [5.74, 6) is 0.270. The zero-order valence-electron chi connectivity index (χ0n) is 9.62. The van der Waals surface area contributed by atoms with Gasteiger partial charge in [-0.05, 0) is 11.5 Å². The van der Waals surface area contributed by atoms with E-state index in [1.165, 1.54) is 17.4 Å². The SMILES string of the molecule is O=Cc1c(OCc2nc(Cl)cs2)cccc1B(O)O. The Morgan fingerprint density at radius 3 is 2.84 bits per heavy atom. The Kier molecular flexibility index (Phi) is 4.54. The smallest absolute Gasteiger partial charge is 0.486 e. The second-order valence-corrected chi connectivity index (χ2v) is 4.93. The molecule has 0 fully saturated rings. The van der Waals surface area contributed by atoms with Crippen molar-refractivity contribution in [1.82, 2.24) is 4.98 Å². The second-order valence-electron chi connectivity index (χ2n) is 3.60. The summed E-state index contributed by atoms with van der Waals surface area (Å²) in [7, 11) is -1.72. The molecule has 1 heterocycles. The summed E-state index contributed by atoms with van der Waals surface area (Å²) < 4.78 is 5.45. The molecule has 0 aliphatic heterocycles. The first-order valence-corrected chi connectivity index (χ1v) is 6.54. The Morgan fingerprint density at radius 2 is 2.26 bits per heavy atom. The Hall–Kier alpha value is -1.41. The Morgan fingerprint density at radius 1 is 1.47 bits per heavy atom. The lowest BCUT2D eigenvalue weighted by atomic mass is 9.77. The summed E-state index contributed by atoms with van der Waals surface area (Å²) in [6.07, 6.45) is 0.527. The normalized spacial score (nSPS) is 10.3. The van der Waals surface area contributed by atoms with Gasteiger partial charge in [-0.3, -0.25) is 4.79 Å². The van der Waals surface area contributed by atoms with Gasteiger partial charge in [-0.25, -0.2) is 4.98 Å². The van der Waals surface area contributed by atoms with E-state index in [4.69, 9.17) is 26.4 Å². The van der Waals surface area contributed by atoms with E-state index in [0.717, 1.165) is 0 Å². The molecule has 1 aromatic carbocycles. The fourth-order valence-electron chi connectivity index (χ4n) is 1.53. The molecule has 2 rings (SSSR count). The van der Waals surface area contributed by atoms with Crippen LogP contribution in [0.25, 0.3) is 0 Å². The van der Waals surface area contributed by atoms with Crippen molar-refractivity contribution in [1.29, 1.82) is 0 Å². The first kappa shape index (κ1) is 14.0. The molecule has 0 atom stereocenters. The van der Waals surface area contributed by atoms with Crippen molar-refractivity contribution in [2.45, 2.75) is 6.61 Å². The second kappa shape index (κ2) is 6.16. The number of hydrogen-bond acceptors (Lipinski definition) is 6. The molecule has 1 aromatic heterocycles. The van der Waals surface area contributed by atoms with Crippen LogP contribution in [0.2, 0.25) is 5.15 Å². The standard InChI is InChI=1S/C11H9BClNO4S/c13-10-6-19-11(14-10)5-18-9-3-1-2-8(12(16)17)7(9)4-15/h1-4,6,16-17H,5H2. The van der Waals surface area contributed by atoms with Crippen molar-refractivity contribution in [3.63, 3.8) is 0 Å². The van der Waals surface area contributed by atoms with Crippen molar-refractivity contribution < 1.29 is 19.6 Å². The highest BCUT2D eigenvalue weighted by Gasteiger charge is 2.19. The van der Waals surface area contributed by atoms with Gasteiger partial charge in [0.2, 0.25) is 0 Å². The van der Waals surface area contributed by atoms with E-state index in [1.807, 2.05) is 0 Å². The van der Waals surface area contributed by atoms with Crippen LogP contribution in [-0.4, -0.2) is 28.4 Å². The molecule has 0 radical (unpaired) electrons. The highest BCUT2D eigenvalue weighted by Crippen LogP contribution is 2.19. The van der Waals surface area contributed by atoms with Crippen LogP contribution < -0.4 is 10.2 Å². The lowest BCUT2D eigenvalue weighted by molar-refractivity contribution is 0.111. The third-order valence-electron chi connectivity index (χ3n) is 2.37. The van der Waals surface area contributed by atoms with Crippen LogP contribution in [0.4, 0.5) is 0 Å². The molecule has 0 amide bonds. The molecule has 2 N–H and O–H groups in total. The van der Waals surface area contributed by atoms with E-state index in [9.17, 15) is 4.79 Å². The van der Waals surface area contributed by atoms with Crippen LogP contribution in [0.5, 0.6) is 5.75 Å². The largest absolute Gasteiger partial charge is 0.489 e. The van der Waals surface area contributed by atoms with Gasteiger partial charge in [0, 0.05) is 5.38 Å². The number of carbonyl (C=O) groups is 1. The molecule has 98 valence electrons. The summed E-state index contributed by atoms with van der Waals surface area (Å²) >= 11 is 7.03. The van der Waals surface area contributed by atoms with Gasteiger partial charge in [0.15, 0.2) is 6.29 Å². The zero-order valence-corrected chi connectivity index (χ0v) is 11.2. The van der Waals surface area contributed by atoms with Crippen LogP contribution in [0.15, 0.2) is 23.6 Å². The molecule has 0 bridgehead atoms. The van der Waals surface area contributed by atoms with Gasteiger partial charge in [-0.15, -0.1) is 11.3 Å². The Balaban J connectivity index is 2.20. The maximum atomic E-state index is 11.0. The maximum absolute atomic E-state index is 11.0. The van der Waals surface area contributed by atoms with Crippen molar-refractivity contribution in [3.8, 4) is 5.75 Å². The van der Waals surface area contributed by atoms with Gasteiger partial charge in [-0.2, -0.15) is 0 Å². The molecule has 8 heteroatoms. The van der Waals surface area contributed by atoms with E-state index in [-0.39, 0.29) is 23.4 Å². The zero-order chi connectivity index (χ0) is 13.8. The van der Waals surface area contributed by atoms with Crippen LogP contribution >= 0.6 is 22.9 Å². The third kappa shape index (κ3) is 3.33. The molecule has 0 aliphatic carbocycles. The van der Waals surface area contributed by atoms with E-state index >= 15 is 0 Å². The molecule has 2 aromatic rings. The van der Waals surface area contributed by atoms with Gasteiger partial charge in [0.1, 0.15) is 22.5 Å². The third-order valence-corrected chi connectivity index (χ3v) is 3.52. The van der Waals surface area contributed by atoms with Crippen molar-refractivity contribution in [2.24, 2.45) is 0 Å². The van der Waals surface area contributed by atoms with Crippen LogP contribution in [0.3, 0.4) is 0 Å². The molecular formula is C11H9BClNO4S. The predicted molar refractivity (Wildman–Crippen MR) is 73.1 cm³/mol. The van der Waals surface area contributed by atoms with Crippen molar-refractivity contribution in [3.05, 3.63) is 39.3 Å². The topological polar surface area (TPSA) is 79.7 Å². The Labute approximate surface area is 118 Å². The highest BCUT2D eigenvalue weighted by molar-refractivity contribution is 7.10. The number of carbonyl (C=O) groups excluding carboxylic acids is 1. The summed E-state index contributed by atoms with van der Waals surface area (Å²) in [6, 6.07) is 4.60. The molecule has 0 aliphatic rings. The Bertz CT molecular complexity index is 590. The average Bonchev–Trinajstić information content (AvgIpc) is 2.81. The molecule has 5 nitrogen and oxygen atoms in total. The fraction of sp³-hybridized carbons (Fsp3) is 0.0909. The van der Waals surface area contributed by atoms with E-state index in [0.29, 0.717) is 16.4 Å². The quantitative estimate of drug-likeness (QED) is 0.632. The molecule has 0 saturated carbocycles. The number of ether oxygens (including phenoxy) is 1. The summed E-state index contributed by atoms with van der Waals surface area (Å²) in [5.41, 5.74) is 0.213. The van der Waals surface area contributed by atoms with E-state index in [2.05, 4.69) is 4.98 Å². The predicted octanol–water partition coefficient (Wildman–Crippen LogP) is 0.868. The summed E-state index contributed by atoms with van der Waals surface area (Å²) in [5, 5.41) is 21.1. The average molecular weight is 298 g/mol. The van der Waals surface area contributed by atoms with E-state index < -0.39 is 7.12 Å². The molecule has 0 saturated heterocycles. The number of benzene rings is 1. The minimum absolute atomic E-state index is 0.102. The van der Waals surface area contributed by atoms with Gasteiger partial charge in [0.05, 0.1) is 5.56 Å². The number of thiazole rings is 1. The van der Waals surface area contributed by atoms with Gasteiger partial charge in [0.25, 0.3) is 0 Å². The number of nitrogens with zero attached hydrogens (tertiary/aromatic N) is 1. The van der Waals surface area contributed by atoms with Gasteiger partial charge < -0.3 is 14.8 Å². The minimum atomic E-state index is -1.72. The fourth-order valence-corrected chi connectivity index (χ4v) is 2.38. The number of aromatic nitrogens is 1. The van der Waals surface area contributed by atoms with Crippen LogP contribution in [0.1, 0.15) is 15.4 Å². The number of hydrogen-bond donors (Lipinski definition) is 2. The van der Waals surface area contributed by atoms with Crippen LogP contribution in [0, 0.1) is 0 Å². The molecular weight excluding hydrogens is 288 g/mol. The van der Waals surface area contributed by atoms with Gasteiger partial charge in [-0.1, -0.05) is 23.7 Å². The molecule has 0 spiro atoms. The van der Waals surface area contributed by atoms with Crippen molar-refractivity contribution in [2.75, 3.05) is 0 Å². The van der Waals surface area contributed by atoms with Gasteiger partial charge >= 0.3 is 7.12 Å². The number of rotatable bonds is 5.